The van der Waals surface area contributed by atoms with Crippen LogP contribution in [0.1, 0.15) is 17.2 Å². The van der Waals surface area contributed by atoms with E-state index in [1.807, 2.05) is 48.7 Å². The molecule has 1 aromatic heterocycles. The summed E-state index contributed by atoms with van der Waals surface area (Å²) in [4.78, 5) is 7.10. The summed E-state index contributed by atoms with van der Waals surface area (Å²) in [5.41, 5.74) is 2.21. The van der Waals surface area contributed by atoms with Gasteiger partial charge in [-0.1, -0.05) is 66.7 Å². The first-order valence-electron chi connectivity index (χ1n) is 10.7. The molecule has 5 nitrogen and oxygen atoms in total. The van der Waals surface area contributed by atoms with E-state index in [2.05, 4.69) is 46.3 Å². The van der Waals surface area contributed by atoms with Crippen molar-refractivity contribution in [3.63, 3.8) is 0 Å². The third kappa shape index (κ3) is 5.45. The summed E-state index contributed by atoms with van der Waals surface area (Å²) in [5.74, 6) is 1.16. The van der Waals surface area contributed by atoms with Gasteiger partial charge >= 0.3 is 0 Å². The first kappa shape index (κ1) is 20.5. The zero-order chi connectivity index (χ0) is 20.6. The van der Waals surface area contributed by atoms with Crippen molar-refractivity contribution in [1.29, 1.82) is 0 Å². The number of aromatic nitrogens is 1. The summed E-state index contributed by atoms with van der Waals surface area (Å²) in [6.07, 6.45) is 1.32. The van der Waals surface area contributed by atoms with Crippen LogP contribution in [0.15, 0.2) is 85.1 Å². The number of quaternary nitrogens is 1. The van der Waals surface area contributed by atoms with Gasteiger partial charge in [0.2, 0.25) is 0 Å². The SMILES string of the molecule is O[C@@H](COC(c1ccccc1)c1ccccc1)C[NH+]1CCN(c2cccc[nH+]2)CC1. The number of pyridine rings is 1. The van der Waals surface area contributed by atoms with E-state index in [0.717, 1.165) is 43.1 Å². The van der Waals surface area contributed by atoms with Gasteiger partial charge in [0, 0.05) is 6.07 Å². The average molecular weight is 406 g/mol. The lowest BCUT2D eigenvalue weighted by molar-refractivity contribution is -0.903. The lowest BCUT2D eigenvalue weighted by Gasteiger charge is -2.30. The summed E-state index contributed by atoms with van der Waals surface area (Å²) >= 11 is 0. The van der Waals surface area contributed by atoms with Crippen LogP contribution in [0.2, 0.25) is 0 Å². The van der Waals surface area contributed by atoms with Crippen molar-refractivity contribution in [2.75, 3.05) is 44.2 Å². The number of ether oxygens (including phenoxy) is 1. The van der Waals surface area contributed by atoms with Gasteiger partial charge in [-0.25, -0.2) is 4.98 Å². The number of aliphatic hydroxyl groups excluding tert-OH is 1. The zero-order valence-electron chi connectivity index (χ0n) is 17.3. The maximum absolute atomic E-state index is 10.7. The predicted octanol–water partition coefficient (Wildman–Crippen LogP) is 1.37. The maximum Gasteiger partial charge on any atom is 0.274 e. The van der Waals surface area contributed by atoms with Gasteiger partial charge in [0.05, 0.1) is 12.8 Å². The Morgan fingerprint density at radius 1 is 0.867 bits per heavy atom. The number of nitrogens with zero attached hydrogens (tertiary/aromatic N) is 1. The van der Waals surface area contributed by atoms with Gasteiger partial charge in [0.1, 0.15) is 44.9 Å². The van der Waals surface area contributed by atoms with E-state index in [1.165, 1.54) is 4.90 Å². The molecule has 1 atom stereocenters. The molecular weight excluding hydrogens is 374 g/mol. The van der Waals surface area contributed by atoms with Crippen LogP contribution in [0.5, 0.6) is 0 Å². The molecular formula is C25H31N3O2+2. The van der Waals surface area contributed by atoms with Gasteiger partial charge < -0.3 is 14.7 Å². The molecule has 1 fully saturated rings. The summed E-state index contributed by atoms with van der Waals surface area (Å²) < 4.78 is 6.23. The Balaban J connectivity index is 1.30. The molecule has 0 spiro atoms. The quantitative estimate of drug-likeness (QED) is 0.595. The van der Waals surface area contributed by atoms with Gasteiger partial charge in [-0.3, -0.25) is 4.90 Å². The third-order valence-corrected chi connectivity index (χ3v) is 5.69. The Hall–Kier alpha value is -2.73. The van der Waals surface area contributed by atoms with Gasteiger partial charge in [-0.2, -0.15) is 0 Å². The minimum Gasteiger partial charge on any atom is -0.385 e. The van der Waals surface area contributed by atoms with Gasteiger partial charge in [-0.05, 0) is 17.2 Å². The molecule has 2 heterocycles. The van der Waals surface area contributed by atoms with E-state index in [-0.39, 0.29) is 6.10 Å². The summed E-state index contributed by atoms with van der Waals surface area (Å²) in [6.45, 7) is 5.04. The fourth-order valence-corrected chi connectivity index (χ4v) is 4.09. The molecule has 3 aromatic rings. The Labute approximate surface area is 178 Å². The highest BCUT2D eigenvalue weighted by Crippen LogP contribution is 2.25. The molecule has 30 heavy (non-hydrogen) atoms. The minimum atomic E-state index is -0.482. The number of anilines is 1. The van der Waals surface area contributed by atoms with Crippen molar-refractivity contribution in [1.82, 2.24) is 0 Å². The molecule has 0 aliphatic carbocycles. The summed E-state index contributed by atoms with van der Waals surface area (Å²) in [5, 5.41) is 10.7. The second-order valence-corrected chi connectivity index (χ2v) is 7.88. The largest absolute Gasteiger partial charge is 0.385 e. The second-order valence-electron chi connectivity index (χ2n) is 7.88. The monoisotopic (exact) mass is 405 g/mol. The number of benzene rings is 2. The standard InChI is InChI=1S/C25H29N3O2/c29-23(19-27-15-17-28(18-16-27)24-13-7-8-14-26-24)20-30-25(21-9-3-1-4-10-21)22-11-5-2-6-12-22/h1-14,23,25,29H,15-20H2/p+2/t23-/m1/s1. The van der Waals surface area contributed by atoms with Crippen LogP contribution in [-0.4, -0.2) is 50.5 Å². The van der Waals surface area contributed by atoms with Gasteiger partial charge in [0.25, 0.3) is 5.82 Å². The van der Waals surface area contributed by atoms with Crippen LogP contribution in [0.25, 0.3) is 0 Å². The number of rotatable bonds is 8. The molecule has 4 rings (SSSR count). The van der Waals surface area contributed by atoms with E-state index >= 15 is 0 Å². The molecule has 1 aliphatic heterocycles. The van der Waals surface area contributed by atoms with Crippen LogP contribution in [-0.2, 0) is 4.74 Å². The normalized spacial score (nSPS) is 16.0. The highest BCUT2D eigenvalue weighted by atomic mass is 16.5. The highest BCUT2D eigenvalue weighted by Gasteiger charge is 2.27. The lowest BCUT2D eigenvalue weighted by Crippen LogP contribution is -3.16. The molecule has 1 saturated heterocycles. The van der Waals surface area contributed by atoms with Crippen LogP contribution in [0.4, 0.5) is 5.82 Å². The minimum absolute atomic E-state index is 0.164. The maximum atomic E-state index is 10.7. The van der Waals surface area contributed by atoms with E-state index in [0.29, 0.717) is 13.2 Å². The van der Waals surface area contributed by atoms with Crippen molar-refractivity contribution >= 4 is 5.82 Å². The van der Waals surface area contributed by atoms with Crippen molar-refractivity contribution in [2.45, 2.75) is 12.2 Å². The topological polar surface area (TPSA) is 51.3 Å². The Morgan fingerprint density at radius 3 is 2.03 bits per heavy atom. The average Bonchev–Trinajstić information content (AvgIpc) is 2.82. The van der Waals surface area contributed by atoms with Crippen LogP contribution >= 0.6 is 0 Å². The number of hydrogen-bond acceptors (Lipinski definition) is 3. The molecule has 0 radical (unpaired) electrons. The first-order chi connectivity index (χ1) is 14.8. The van der Waals surface area contributed by atoms with Gasteiger partial charge in [-0.15, -0.1) is 0 Å². The third-order valence-electron chi connectivity index (χ3n) is 5.69. The fraction of sp³-hybridized carbons (Fsp3) is 0.320. The molecule has 3 N–H and O–H groups in total. The molecule has 0 saturated carbocycles. The molecule has 1 aliphatic rings. The van der Waals surface area contributed by atoms with Crippen molar-refractivity contribution in [3.05, 3.63) is 96.2 Å². The number of hydrogen-bond donors (Lipinski definition) is 2. The van der Waals surface area contributed by atoms with E-state index in [4.69, 9.17) is 4.74 Å². The smallest absolute Gasteiger partial charge is 0.274 e. The molecule has 5 heteroatoms. The van der Waals surface area contributed by atoms with Crippen molar-refractivity contribution in [2.24, 2.45) is 0 Å². The van der Waals surface area contributed by atoms with Crippen LogP contribution < -0.4 is 14.8 Å². The first-order valence-corrected chi connectivity index (χ1v) is 10.7. The molecule has 2 aromatic carbocycles. The fourth-order valence-electron chi connectivity index (χ4n) is 4.09. The second kappa shape index (κ2) is 10.3. The number of piperazine rings is 1. The molecule has 0 amide bonds. The van der Waals surface area contributed by atoms with Gasteiger partial charge in [0.15, 0.2) is 0 Å². The number of aromatic amines is 1. The van der Waals surface area contributed by atoms with E-state index in [9.17, 15) is 5.11 Å². The predicted molar refractivity (Wildman–Crippen MR) is 117 cm³/mol. The van der Waals surface area contributed by atoms with E-state index < -0.39 is 6.10 Å². The Morgan fingerprint density at radius 2 is 1.47 bits per heavy atom. The summed E-state index contributed by atoms with van der Waals surface area (Å²) in [7, 11) is 0. The lowest BCUT2D eigenvalue weighted by atomic mass is 10.0. The molecule has 0 bridgehead atoms. The number of aliphatic hydroxyl groups is 1. The summed E-state index contributed by atoms with van der Waals surface area (Å²) in [6, 6.07) is 26.6. The molecule has 0 unspecified atom stereocenters. The molecule has 156 valence electrons. The van der Waals surface area contributed by atoms with Crippen LogP contribution in [0, 0.1) is 0 Å². The highest BCUT2D eigenvalue weighted by molar-refractivity contribution is 5.32. The zero-order valence-corrected chi connectivity index (χ0v) is 17.3. The number of nitrogens with one attached hydrogen (secondary N) is 2. The number of H-pyrrole nitrogens is 1. The van der Waals surface area contributed by atoms with Crippen LogP contribution in [0.3, 0.4) is 0 Å². The Bertz CT molecular complexity index is 829. The Kier molecular flexibility index (Phi) is 7.08. The van der Waals surface area contributed by atoms with Crippen molar-refractivity contribution in [3.8, 4) is 0 Å². The van der Waals surface area contributed by atoms with E-state index in [1.54, 1.807) is 0 Å². The van der Waals surface area contributed by atoms with Crippen molar-refractivity contribution < 1.29 is 19.7 Å².